The number of non-ortho nitro benzene ring substituents is 1. The average molecular weight is 639 g/mol. The fraction of sp³-hybridized carbons (Fsp3) is 0.229. The number of carbonyl (C=O) groups excluding carboxylic acids is 1. The predicted octanol–water partition coefficient (Wildman–Crippen LogP) is 7.36. The molecule has 1 amide bonds. The van der Waals surface area contributed by atoms with E-state index in [1.807, 2.05) is 33.8 Å². The van der Waals surface area contributed by atoms with E-state index in [0.717, 1.165) is 28.3 Å². The van der Waals surface area contributed by atoms with Crippen LogP contribution in [0, 0.1) is 21.8 Å². The lowest BCUT2D eigenvalue weighted by Gasteiger charge is -2.36. The number of fused-ring (bicyclic) bond motifs is 1. The zero-order valence-electron chi connectivity index (χ0n) is 25.7. The molecule has 1 heterocycles. The lowest BCUT2D eigenvalue weighted by molar-refractivity contribution is -0.384. The number of hydrogen-bond acceptors (Lipinski definition) is 6. The number of carbonyl (C=O) groups is 1. The molecule has 1 aromatic heterocycles. The molecule has 0 radical (unpaired) electrons. The Morgan fingerprint density at radius 2 is 1.74 bits per heavy atom. The number of hydrogen-bond donors (Lipinski definition) is 1. The minimum Gasteiger partial charge on any atom is -0.330 e. The normalized spacial score (nSPS) is 11.2. The van der Waals surface area contributed by atoms with Crippen LogP contribution in [0.5, 0.6) is 0 Å². The maximum Gasteiger partial charge on any atom is 0.269 e. The number of imidazole rings is 1. The molecule has 0 aliphatic rings. The Morgan fingerprint density at radius 3 is 2.48 bits per heavy atom. The zero-order valence-corrected chi connectivity index (χ0v) is 26.5. The van der Waals surface area contributed by atoms with Crippen molar-refractivity contribution in [1.82, 2.24) is 19.6 Å². The molecule has 5 aromatic rings. The summed E-state index contributed by atoms with van der Waals surface area (Å²) >= 11 is 5.84. The van der Waals surface area contributed by atoms with Gasteiger partial charge in [0.1, 0.15) is 5.82 Å². The molecular weight excluding hydrogens is 603 g/mol. The maximum atomic E-state index is 14.7. The Balaban J connectivity index is 1.47. The summed E-state index contributed by atoms with van der Waals surface area (Å²) in [5.41, 5.74) is 2.65. The van der Waals surface area contributed by atoms with Crippen LogP contribution in [-0.2, 0) is 24.3 Å². The number of nitrogens with one attached hydrogen (secondary N) is 1. The second-order valence-electron chi connectivity index (χ2n) is 11.4. The zero-order chi connectivity index (χ0) is 32.6. The van der Waals surface area contributed by atoms with Gasteiger partial charge < -0.3 is 9.88 Å². The van der Waals surface area contributed by atoms with Crippen molar-refractivity contribution in [3.63, 3.8) is 0 Å². The largest absolute Gasteiger partial charge is 0.330 e. The van der Waals surface area contributed by atoms with Gasteiger partial charge in [0.25, 0.3) is 5.69 Å². The van der Waals surface area contributed by atoms with Gasteiger partial charge in [-0.3, -0.25) is 14.9 Å². The molecule has 9 nitrogen and oxygen atoms in total. The smallest absolute Gasteiger partial charge is 0.269 e. The monoisotopic (exact) mass is 638 g/mol. The van der Waals surface area contributed by atoms with Crippen LogP contribution in [0.4, 0.5) is 15.8 Å². The van der Waals surface area contributed by atoms with E-state index in [4.69, 9.17) is 12.2 Å². The number of hydrazine groups is 1. The summed E-state index contributed by atoms with van der Waals surface area (Å²) in [5, 5.41) is 19.7. The van der Waals surface area contributed by atoms with Crippen molar-refractivity contribution in [3.8, 4) is 0 Å². The molecule has 0 fully saturated rings. The maximum absolute atomic E-state index is 14.7. The molecule has 0 aliphatic carbocycles. The topological polar surface area (TPSA) is 96.5 Å². The molecular formula is C35H35FN6O3S. The molecule has 11 heteroatoms. The third-order valence-corrected chi connectivity index (χ3v) is 7.93. The van der Waals surface area contributed by atoms with Gasteiger partial charge in [0.05, 0.1) is 23.4 Å². The molecule has 46 heavy (non-hydrogen) atoms. The molecule has 0 atom stereocenters. The number of benzene rings is 4. The summed E-state index contributed by atoms with van der Waals surface area (Å²) in [6.07, 6.45) is 3.99. The number of nitro benzene ring substituents is 1. The Labute approximate surface area is 272 Å². The number of amides is 1. The summed E-state index contributed by atoms with van der Waals surface area (Å²) < 4.78 is 16.6. The van der Waals surface area contributed by atoms with Crippen molar-refractivity contribution in [2.75, 3.05) is 11.9 Å². The van der Waals surface area contributed by atoms with Gasteiger partial charge in [-0.25, -0.2) is 19.4 Å². The van der Waals surface area contributed by atoms with E-state index in [1.165, 1.54) is 23.2 Å². The third-order valence-electron chi connectivity index (χ3n) is 7.66. The highest BCUT2D eigenvalue weighted by molar-refractivity contribution is 7.80. The van der Waals surface area contributed by atoms with Gasteiger partial charge in [0, 0.05) is 43.7 Å². The number of anilines is 1. The van der Waals surface area contributed by atoms with Gasteiger partial charge in [-0.1, -0.05) is 80.6 Å². The minimum atomic E-state index is -0.485. The summed E-state index contributed by atoms with van der Waals surface area (Å²) in [7, 11) is 0. The van der Waals surface area contributed by atoms with E-state index < -0.39 is 10.7 Å². The molecule has 1 N–H and O–H groups in total. The van der Waals surface area contributed by atoms with Crippen molar-refractivity contribution in [2.45, 2.75) is 39.8 Å². The Hall–Kier alpha value is -5.00. The van der Waals surface area contributed by atoms with Gasteiger partial charge >= 0.3 is 0 Å². The predicted molar refractivity (Wildman–Crippen MR) is 181 cm³/mol. The number of thiocarbonyl (C=S) groups is 1. The second kappa shape index (κ2) is 14.9. The highest BCUT2D eigenvalue weighted by Crippen LogP contribution is 2.23. The van der Waals surface area contributed by atoms with E-state index in [-0.39, 0.29) is 28.8 Å². The second-order valence-corrected chi connectivity index (χ2v) is 11.8. The first-order valence-electron chi connectivity index (χ1n) is 15.0. The number of para-hydroxylation sites is 1. The van der Waals surface area contributed by atoms with E-state index in [2.05, 4.69) is 42.3 Å². The van der Waals surface area contributed by atoms with E-state index in [1.54, 1.807) is 42.9 Å². The van der Waals surface area contributed by atoms with Crippen molar-refractivity contribution >= 4 is 45.4 Å². The molecule has 0 spiro atoms. The van der Waals surface area contributed by atoms with Crippen molar-refractivity contribution in [1.29, 1.82) is 0 Å². The van der Waals surface area contributed by atoms with Gasteiger partial charge in [0.2, 0.25) is 5.91 Å². The standard InChI is InChI=1S/C35H35FN6O3S/c1-25(2)18-19-40(23-28-10-7-9-27-8-3-4-11-31(27)28)41(35(46)38-33-13-6-5-12-32(33)36)34(43)20-30-21-37-24-39(30)22-26-14-16-29(17-15-26)42(44)45/h3-17,21,24-25H,18-20,22-23H2,1-2H3,(H,38,46). The summed E-state index contributed by atoms with van der Waals surface area (Å²) in [6.45, 7) is 5.52. The van der Waals surface area contributed by atoms with Crippen LogP contribution in [-0.4, -0.2) is 42.1 Å². The first kappa shape index (κ1) is 32.4. The number of rotatable bonds is 12. The number of halogens is 1. The Bertz CT molecular complexity index is 1840. The molecule has 0 unspecified atom stereocenters. The SMILES string of the molecule is CC(C)CCN(Cc1cccc2ccccc12)N(C(=O)Cc1cncn1Cc1ccc([N+](=O)[O-])cc1)C(=S)Nc1ccccc1F. The average Bonchev–Trinajstić information content (AvgIpc) is 3.47. The quantitative estimate of drug-likeness (QED) is 0.0866. The summed E-state index contributed by atoms with van der Waals surface area (Å²) in [5.74, 6) is -0.451. The van der Waals surface area contributed by atoms with Crippen molar-refractivity contribution in [3.05, 3.63) is 136 Å². The van der Waals surface area contributed by atoms with Gasteiger partial charge in [0.15, 0.2) is 5.11 Å². The Kier molecular flexibility index (Phi) is 10.5. The van der Waals surface area contributed by atoms with Gasteiger partial charge in [-0.15, -0.1) is 0 Å². The number of nitro groups is 1. The van der Waals surface area contributed by atoms with Crippen LogP contribution in [0.15, 0.2) is 104 Å². The van der Waals surface area contributed by atoms with Crippen LogP contribution >= 0.6 is 12.2 Å². The fourth-order valence-electron chi connectivity index (χ4n) is 5.20. The molecule has 0 saturated heterocycles. The molecule has 5 rings (SSSR count). The molecule has 0 saturated carbocycles. The van der Waals surface area contributed by atoms with Crippen LogP contribution in [0.3, 0.4) is 0 Å². The van der Waals surface area contributed by atoms with Crippen molar-refractivity contribution in [2.24, 2.45) is 5.92 Å². The minimum absolute atomic E-state index is 0.00368. The summed E-state index contributed by atoms with van der Waals surface area (Å²) in [6, 6.07) is 26.6. The van der Waals surface area contributed by atoms with Crippen LogP contribution < -0.4 is 5.32 Å². The lowest BCUT2D eigenvalue weighted by Crippen LogP contribution is -2.52. The number of nitrogens with zero attached hydrogens (tertiary/aromatic N) is 5. The van der Waals surface area contributed by atoms with Crippen molar-refractivity contribution < 1.29 is 14.1 Å². The molecule has 0 aliphatic heterocycles. The van der Waals surface area contributed by atoms with Crippen LogP contribution in [0.25, 0.3) is 10.8 Å². The van der Waals surface area contributed by atoms with Crippen LogP contribution in [0.1, 0.15) is 37.1 Å². The first-order chi connectivity index (χ1) is 22.2. The highest BCUT2D eigenvalue weighted by Gasteiger charge is 2.28. The van der Waals surface area contributed by atoms with E-state index >= 15 is 0 Å². The van der Waals surface area contributed by atoms with E-state index in [0.29, 0.717) is 31.2 Å². The third kappa shape index (κ3) is 7.98. The first-order valence-corrected chi connectivity index (χ1v) is 15.4. The van der Waals surface area contributed by atoms with Crippen LogP contribution in [0.2, 0.25) is 0 Å². The molecule has 4 aromatic carbocycles. The fourth-order valence-corrected chi connectivity index (χ4v) is 5.53. The molecule has 236 valence electrons. The van der Waals surface area contributed by atoms with Gasteiger partial charge in [-0.2, -0.15) is 0 Å². The number of aromatic nitrogens is 2. The van der Waals surface area contributed by atoms with E-state index in [9.17, 15) is 19.3 Å². The van der Waals surface area contributed by atoms with Gasteiger partial charge in [-0.05, 0) is 58.6 Å². The lowest BCUT2D eigenvalue weighted by atomic mass is 10.0. The summed E-state index contributed by atoms with van der Waals surface area (Å²) in [4.78, 5) is 29.3. The molecule has 0 bridgehead atoms. The highest BCUT2D eigenvalue weighted by atomic mass is 32.1. The Morgan fingerprint density at radius 1 is 1.02 bits per heavy atom.